The quantitative estimate of drug-likeness (QED) is 0.207. The third kappa shape index (κ3) is 8.01. The van der Waals surface area contributed by atoms with Gasteiger partial charge in [-0.15, -0.1) is 0 Å². The Balaban J connectivity index is 0.000000617. The van der Waals surface area contributed by atoms with Crippen molar-refractivity contribution in [1.29, 1.82) is 0 Å². The molecule has 0 saturated carbocycles. The Hall–Kier alpha value is -4.49. The number of carboxylic acid groups (broad SMARTS) is 1. The number of carboxylic acids is 1. The number of sulfonamides is 2. The number of nitrogens with zero attached hydrogens (tertiary/aromatic N) is 1. The van der Waals surface area contributed by atoms with Gasteiger partial charge in [-0.25, -0.2) is 31.3 Å². The van der Waals surface area contributed by atoms with Crippen LogP contribution < -0.4 is 9.44 Å². The van der Waals surface area contributed by atoms with Crippen LogP contribution in [-0.4, -0.2) is 50.0 Å². The van der Waals surface area contributed by atoms with Gasteiger partial charge in [0.1, 0.15) is 11.1 Å². The lowest BCUT2D eigenvalue weighted by Gasteiger charge is -2.19. The predicted octanol–water partition coefficient (Wildman–Crippen LogP) is 4.37. The molecular weight excluding hydrogens is 670 g/mol. The van der Waals surface area contributed by atoms with Crippen molar-refractivity contribution in [2.75, 3.05) is 0 Å². The van der Waals surface area contributed by atoms with E-state index >= 15 is 0 Å². The number of aliphatic carboxylic acids is 1. The summed E-state index contributed by atoms with van der Waals surface area (Å²) in [6.45, 7) is 0. The summed E-state index contributed by atoms with van der Waals surface area (Å²) in [6.07, 6.45) is -10.2. The molecule has 0 spiro atoms. The Morgan fingerprint density at radius 3 is 2.11 bits per heavy atom. The Labute approximate surface area is 256 Å². The first-order chi connectivity index (χ1) is 21.3. The Morgan fingerprint density at radius 2 is 1.57 bits per heavy atom. The van der Waals surface area contributed by atoms with Crippen molar-refractivity contribution in [2.24, 2.45) is 0 Å². The fourth-order valence-electron chi connectivity index (χ4n) is 4.47. The summed E-state index contributed by atoms with van der Waals surface area (Å²) in [4.78, 5) is 27.0. The molecular formula is C27H22F6N4O7S2. The highest BCUT2D eigenvalue weighted by Gasteiger charge is 2.40. The maximum Gasteiger partial charge on any atom is 0.490 e. The molecule has 11 nitrogen and oxygen atoms in total. The SMILES string of the molecule is O=C(O)C(F)(F)F.O=C1CC(c2ccc(C[C@H](NS(=O)(=O)c3ccccc3C(F)(F)F)c3nc4ccccc4[nH]3)cc2)S(=O)(=O)N1. The van der Waals surface area contributed by atoms with Crippen LogP contribution in [0, 0.1) is 0 Å². The molecule has 4 aromatic rings. The first-order valence-electron chi connectivity index (χ1n) is 12.8. The Bertz CT molecular complexity index is 1940. The fraction of sp³-hybridized carbons (Fsp3) is 0.222. The average molecular weight is 693 g/mol. The Morgan fingerprint density at radius 1 is 0.978 bits per heavy atom. The molecule has 0 aliphatic carbocycles. The lowest BCUT2D eigenvalue weighted by atomic mass is 10.0. The number of alkyl halides is 6. The van der Waals surface area contributed by atoms with Crippen LogP contribution in [0.4, 0.5) is 26.3 Å². The monoisotopic (exact) mass is 692 g/mol. The van der Waals surface area contributed by atoms with Gasteiger partial charge < -0.3 is 10.1 Å². The van der Waals surface area contributed by atoms with Crippen molar-refractivity contribution in [3.63, 3.8) is 0 Å². The molecule has 0 bridgehead atoms. The maximum absolute atomic E-state index is 13.6. The molecule has 1 aliphatic heterocycles. The summed E-state index contributed by atoms with van der Waals surface area (Å²) in [7, 11) is -8.53. The predicted molar refractivity (Wildman–Crippen MR) is 149 cm³/mol. The number of hydrogen-bond donors (Lipinski definition) is 4. The van der Waals surface area contributed by atoms with Crippen molar-refractivity contribution in [3.05, 3.63) is 95.3 Å². The number of aromatic amines is 1. The molecule has 4 N–H and O–H groups in total. The summed E-state index contributed by atoms with van der Waals surface area (Å²) in [6, 6.07) is 15.9. The number of carbonyl (C=O) groups excluding carboxylic acids is 1. The van der Waals surface area contributed by atoms with E-state index in [9.17, 15) is 48.0 Å². The zero-order chi connectivity index (χ0) is 34.1. The molecule has 46 heavy (non-hydrogen) atoms. The standard InChI is InChI=1S/C25H21F3N4O5S2.C2HF3O2/c26-25(27,28)17-5-1-4-8-21(17)38(34,35)31-20(24-29-18-6-2-3-7-19(18)30-24)13-15-9-11-16(12-10-15)22-14-23(33)32-39(22,36)37;3-2(4,5)1(6)7/h1-12,20,22,31H,13-14H2,(H,29,30)(H,32,33);(H,6,7)/t20-,22?;/m0./s1. The number of fused-ring (bicyclic) bond motifs is 1. The number of hydrogen-bond acceptors (Lipinski definition) is 7. The van der Waals surface area contributed by atoms with Crippen molar-refractivity contribution in [3.8, 4) is 0 Å². The zero-order valence-corrected chi connectivity index (χ0v) is 24.6. The lowest BCUT2D eigenvalue weighted by molar-refractivity contribution is -0.192. The van der Waals surface area contributed by atoms with Crippen LogP contribution in [0.25, 0.3) is 11.0 Å². The number of imidazole rings is 1. The van der Waals surface area contributed by atoms with E-state index in [0.717, 1.165) is 12.1 Å². The van der Waals surface area contributed by atoms with Crippen LogP contribution in [-0.2, 0) is 42.2 Å². The van der Waals surface area contributed by atoms with Gasteiger partial charge in [0, 0.05) is 0 Å². The van der Waals surface area contributed by atoms with Crippen LogP contribution >= 0.6 is 0 Å². The first-order valence-corrected chi connectivity index (χ1v) is 15.9. The minimum absolute atomic E-state index is 0.0257. The van der Waals surface area contributed by atoms with E-state index in [1.54, 1.807) is 36.4 Å². The van der Waals surface area contributed by atoms with E-state index in [0.29, 0.717) is 28.2 Å². The van der Waals surface area contributed by atoms with Crippen LogP contribution in [0.15, 0.2) is 77.7 Å². The van der Waals surface area contributed by atoms with E-state index in [1.165, 1.54) is 18.2 Å². The van der Waals surface area contributed by atoms with Crippen molar-refractivity contribution < 1.29 is 57.9 Å². The summed E-state index contributed by atoms with van der Waals surface area (Å²) >= 11 is 0. The highest BCUT2D eigenvalue weighted by atomic mass is 32.2. The number of carbonyl (C=O) groups is 2. The average Bonchev–Trinajstić information content (AvgIpc) is 3.51. The molecule has 5 rings (SSSR count). The van der Waals surface area contributed by atoms with Gasteiger partial charge in [-0.1, -0.05) is 48.5 Å². The molecule has 2 atom stereocenters. The number of halogens is 6. The lowest BCUT2D eigenvalue weighted by Crippen LogP contribution is -2.32. The van der Waals surface area contributed by atoms with Gasteiger partial charge in [-0.3, -0.25) is 9.52 Å². The molecule has 1 fully saturated rings. The zero-order valence-electron chi connectivity index (χ0n) is 22.9. The van der Waals surface area contributed by atoms with Gasteiger partial charge in [0.15, 0.2) is 0 Å². The van der Waals surface area contributed by atoms with E-state index in [-0.39, 0.29) is 18.7 Å². The van der Waals surface area contributed by atoms with E-state index in [2.05, 4.69) is 14.7 Å². The second-order valence-corrected chi connectivity index (χ2v) is 13.4. The van der Waals surface area contributed by atoms with Gasteiger partial charge in [0.2, 0.25) is 26.0 Å². The number of amides is 1. The van der Waals surface area contributed by atoms with E-state index in [4.69, 9.17) is 9.90 Å². The van der Waals surface area contributed by atoms with Crippen molar-refractivity contribution in [2.45, 2.75) is 41.4 Å². The highest BCUT2D eigenvalue weighted by molar-refractivity contribution is 7.90. The third-order valence-corrected chi connectivity index (χ3v) is 9.78. The van der Waals surface area contributed by atoms with Crippen molar-refractivity contribution in [1.82, 2.24) is 19.4 Å². The van der Waals surface area contributed by atoms with Gasteiger partial charge in [0.05, 0.1) is 34.0 Å². The number of benzene rings is 3. The molecule has 1 aromatic heterocycles. The number of para-hydroxylation sites is 2. The summed E-state index contributed by atoms with van der Waals surface area (Å²) in [5.41, 5.74) is 0.756. The van der Waals surface area contributed by atoms with Crippen LogP contribution in [0.1, 0.15) is 40.2 Å². The van der Waals surface area contributed by atoms with Crippen LogP contribution in [0.5, 0.6) is 0 Å². The molecule has 1 aliphatic rings. The largest absolute Gasteiger partial charge is 0.490 e. The maximum atomic E-state index is 13.6. The van der Waals surface area contributed by atoms with Gasteiger partial charge in [0.25, 0.3) is 0 Å². The first kappa shape index (κ1) is 34.4. The number of H-pyrrole nitrogens is 1. The molecule has 1 saturated heterocycles. The molecule has 19 heteroatoms. The van der Waals surface area contributed by atoms with Gasteiger partial charge >= 0.3 is 18.3 Å². The minimum Gasteiger partial charge on any atom is -0.475 e. The van der Waals surface area contributed by atoms with Crippen LogP contribution in [0.2, 0.25) is 0 Å². The van der Waals surface area contributed by atoms with Crippen molar-refractivity contribution >= 4 is 43.0 Å². The third-order valence-electron chi connectivity index (χ3n) is 6.55. The topological polar surface area (TPSA) is 175 Å². The smallest absolute Gasteiger partial charge is 0.475 e. The van der Waals surface area contributed by atoms with E-state index < -0.39 is 66.0 Å². The molecule has 2 heterocycles. The van der Waals surface area contributed by atoms with Gasteiger partial charge in [-0.2, -0.15) is 26.3 Å². The number of nitrogens with one attached hydrogen (secondary N) is 3. The fourth-order valence-corrected chi connectivity index (χ4v) is 7.32. The highest BCUT2D eigenvalue weighted by Crippen LogP contribution is 2.35. The second kappa shape index (κ2) is 12.7. The summed E-state index contributed by atoms with van der Waals surface area (Å²) in [5, 5.41) is 6.07. The molecule has 1 unspecified atom stereocenters. The van der Waals surface area contributed by atoms with E-state index in [1.807, 2.05) is 4.72 Å². The van der Waals surface area contributed by atoms with Gasteiger partial charge in [-0.05, 0) is 41.8 Å². The molecule has 246 valence electrons. The summed E-state index contributed by atoms with van der Waals surface area (Å²) in [5.74, 6) is -3.18. The number of rotatable bonds is 7. The molecule has 3 aromatic carbocycles. The minimum atomic E-state index is -5.08. The number of aromatic nitrogens is 2. The Kier molecular flexibility index (Phi) is 9.51. The molecule has 0 radical (unpaired) electrons. The second-order valence-electron chi connectivity index (χ2n) is 9.82. The summed E-state index contributed by atoms with van der Waals surface area (Å²) < 4.78 is 128. The molecule has 1 amide bonds. The van der Waals surface area contributed by atoms with Crippen LogP contribution in [0.3, 0.4) is 0 Å². The normalized spacial score (nSPS) is 17.2.